The van der Waals surface area contributed by atoms with E-state index in [0.717, 1.165) is 0 Å². The molecule has 32 valence electrons. The molecule has 0 saturated carbocycles. The van der Waals surface area contributed by atoms with Crippen molar-refractivity contribution in [3.8, 4) is 0 Å². The van der Waals surface area contributed by atoms with Crippen LogP contribution in [0.3, 0.4) is 0 Å². The van der Waals surface area contributed by atoms with Crippen LogP contribution >= 0.6 is 11.8 Å². The van der Waals surface area contributed by atoms with Crippen LogP contribution in [0, 0.1) is 0 Å². The van der Waals surface area contributed by atoms with E-state index in [1.807, 2.05) is 10.5 Å². The van der Waals surface area contributed by atoms with Gasteiger partial charge in [-0.15, -0.1) is 0 Å². The normalized spacial score (nSPS) is 8.40. The van der Waals surface area contributed by atoms with Gasteiger partial charge in [-0.05, 0) is 11.8 Å². The van der Waals surface area contributed by atoms with Crippen molar-refractivity contribution in [1.82, 2.24) is 16.0 Å². The Morgan fingerprint density at radius 2 is 2.20 bits per heavy atom. The first kappa shape index (κ1) is 5.13. The third-order valence-corrected chi connectivity index (χ3v) is 0.214. The number of hydrogen-bond donors (Lipinski definition) is 4. The van der Waals surface area contributed by atoms with E-state index >= 15 is 0 Å². The van der Waals surface area contributed by atoms with Gasteiger partial charge in [0.05, 0.1) is 0 Å². The minimum absolute atomic E-state index is 2.00. The summed E-state index contributed by atoms with van der Waals surface area (Å²) in [6, 6.07) is 0. The Morgan fingerprint density at radius 1 is 1.60 bits per heavy atom. The lowest BCUT2D eigenvalue weighted by Gasteiger charge is -1.90. The van der Waals surface area contributed by atoms with Crippen molar-refractivity contribution in [3.05, 3.63) is 0 Å². The highest BCUT2D eigenvalue weighted by Crippen LogP contribution is 1.39. The molecule has 0 rings (SSSR count). The molecule has 5 N–H and O–H groups in total. The number of hydrogen-bond acceptors (Lipinski definition) is 4. The average Bonchev–Trinajstić information content (AvgIpc) is 1.41. The van der Waals surface area contributed by atoms with Crippen LogP contribution in [-0.4, -0.2) is 0 Å². The summed E-state index contributed by atoms with van der Waals surface area (Å²) in [6.45, 7) is 0. The molecule has 0 amide bonds. The molecule has 0 bridgehead atoms. The fourth-order valence-electron chi connectivity index (χ4n) is 0.0273. The molecule has 0 aliphatic carbocycles. The summed E-state index contributed by atoms with van der Waals surface area (Å²) in [5, 5.41) is 0. The lowest BCUT2D eigenvalue weighted by molar-refractivity contribution is 0.537. The molecule has 0 radical (unpaired) electrons. The van der Waals surface area contributed by atoms with E-state index in [1.54, 1.807) is 0 Å². The van der Waals surface area contributed by atoms with Gasteiger partial charge in [-0.2, -0.15) is 16.0 Å². The second-order valence-electron chi connectivity index (χ2n) is 0.364. The maximum absolute atomic E-state index is 4.80. The minimum atomic E-state index is 2.00. The summed E-state index contributed by atoms with van der Waals surface area (Å²) < 4.78 is 0. The quantitative estimate of drug-likeness (QED) is 0.194. The molecule has 0 aromatic rings. The second kappa shape index (κ2) is 4.13. The predicted molar refractivity (Wildman–Crippen MR) is 19.4 cm³/mol. The van der Waals surface area contributed by atoms with E-state index in [2.05, 4.69) is 11.4 Å². The highest BCUT2D eigenvalue weighted by Gasteiger charge is 1.58. The van der Waals surface area contributed by atoms with Crippen molar-refractivity contribution in [2.24, 2.45) is 5.84 Å². The van der Waals surface area contributed by atoms with Crippen LogP contribution in [0.1, 0.15) is 0 Å². The zero-order valence-electron chi connectivity index (χ0n) is 2.46. The number of nitrogens with two attached hydrogens (primary N) is 1. The highest BCUT2D eigenvalue weighted by atomic mass is 35.5. The van der Waals surface area contributed by atoms with Crippen LogP contribution < -0.4 is 21.9 Å². The molecule has 0 aromatic heterocycles. The Hall–Kier alpha value is 0.130. The van der Waals surface area contributed by atoms with Crippen LogP contribution in [0.25, 0.3) is 0 Å². The molecule has 0 aromatic carbocycles. The molecule has 0 saturated heterocycles. The third-order valence-electron chi connectivity index (χ3n) is 0.119. The van der Waals surface area contributed by atoms with Gasteiger partial charge in [-0.25, -0.2) is 0 Å². The summed E-state index contributed by atoms with van der Waals surface area (Å²) in [4.78, 5) is 2.00. The number of nitrogens with one attached hydrogen (secondary N) is 3. The van der Waals surface area contributed by atoms with Crippen LogP contribution in [0.5, 0.6) is 0 Å². The van der Waals surface area contributed by atoms with Crippen molar-refractivity contribution in [2.45, 2.75) is 0 Å². The fourth-order valence-corrected chi connectivity index (χ4v) is 0.0818. The molecule has 0 fully saturated rings. The molecule has 5 heavy (non-hydrogen) atoms. The largest absolute Gasteiger partial charge is 0.257 e. The van der Waals surface area contributed by atoms with E-state index in [0.29, 0.717) is 0 Å². The maximum atomic E-state index is 4.80. The lowest BCUT2D eigenvalue weighted by Crippen LogP contribution is -2.42. The summed E-state index contributed by atoms with van der Waals surface area (Å²) in [5.74, 6) is 4.63. The van der Waals surface area contributed by atoms with E-state index in [4.69, 9.17) is 11.8 Å². The number of halogens is 1. The molecule has 5 heteroatoms. The summed E-state index contributed by atoms with van der Waals surface area (Å²) in [5.41, 5.74) is 4.18. The average molecular weight is 96.5 g/mol. The molecule has 0 unspecified atom stereocenters. The second-order valence-corrected chi connectivity index (χ2v) is 0.553. The van der Waals surface area contributed by atoms with Gasteiger partial charge in [0.2, 0.25) is 0 Å². The third kappa shape index (κ3) is 4.13. The van der Waals surface area contributed by atoms with Crippen LogP contribution in [0.2, 0.25) is 0 Å². The highest BCUT2D eigenvalue weighted by molar-refractivity contribution is 6.12. The van der Waals surface area contributed by atoms with Gasteiger partial charge in [0.1, 0.15) is 0 Å². The van der Waals surface area contributed by atoms with Crippen LogP contribution in [0.15, 0.2) is 0 Å². The Bertz CT molecular complexity index is 11.1. The Balaban J connectivity index is 2.19. The van der Waals surface area contributed by atoms with E-state index in [9.17, 15) is 0 Å². The molecule has 0 atom stereocenters. The van der Waals surface area contributed by atoms with Crippen molar-refractivity contribution in [1.29, 1.82) is 0 Å². The predicted octanol–water partition coefficient (Wildman–Crippen LogP) is -1.39. The zero-order chi connectivity index (χ0) is 4.12. The number of rotatable bonds is 2. The minimum Gasteiger partial charge on any atom is -0.257 e. The van der Waals surface area contributed by atoms with E-state index < -0.39 is 0 Å². The number of hydrazine groups is 3. The van der Waals surface area contributed by atoms with Crippen LogP contribution in [0.4, 0.5) is 0 Å². The van der Waals surface area contributed by atoms with Gasteiger partial charge < -0.3 is 0 Å². The van der Waals surface area contributed by atoms with Gasteiger partial charge in [0.15, 0.2) is 0 Å². The van der Waals surface area contributed by atoms with Gasteiger partial charge >= 0.3 is 0 Å². The van der Waals surface area contributed by atoms with Crippen molar-refractivity contribution in [3.63, 3.8) is 0 Å². The Morgan fingerprint density at radius 3 is 2.20 bits per heavy atom. The SMILES string of the molecule is NNNNCl. The molecular formula is H5ClN4. The van der Waals surface area contributed by atoms with Gasteiger partial charge in [-0.1, -0.05) is 0 Å². The Kier molecular flexibility index (Phi) is 4.24. The lowest BCUT2D eigenvalue weighted by atomic mass is 12.4. The first-order valence-electron chi connectivity index (χ1n) is 0.978. The molecule has 0 aliphatic heterocycles. The van der Waals surface area contributed by atoms with Crippen LogP contribution in [-0.2, 0) is 0 Å². The van der Waals surface area contributed by atoms with Crippen molar-refractivity contribution >= 4 is 11.8 Å². The zero-order valence-corrected chi connectivity index (χ0v) is 3.21. The smallest absolute Gasteiger partial charge is 0.00750 e. The molecule has 0 aliphatic rings. The molecule has 4 nitrogen and oxygen atoms in total. The molecule has 0 spiro atoms. The van der Waals surface area contributed by atoms with E-state index in [1.165, 1.54) is 0 Å². The van der Waals surface area contributed by atoms with E-state index in [-0.39, 0.29) is 0 Å². The van der Waals surface area contributed by atoms with Crippen molar-refractivity contribution in [2.75, 3.05) is 0 Å². The first-order valence-corrected chi connectivity index (χ1v) is 1.36. The summed E-state index contributed by atoms with van der Waals surface area (Å²) in [6.07, 6.45) is 0. The first-order chi connectivity index (χ1) is 2.41. The Labute approximate surface area is 34.7 Å². The van der Waals surface area contributed by atoms with Gasteiger partial charge in [-0.3, -0.25) is 5.84 Å². The fraction of sp³-hybridized carbons (Fsp3) is 0. The summed E-state index contributed by atoms with van der Waals surface area (Å²) in [7, 11) is 0. The standard InChI is InChI=1S/ClH5N4/c1-3-5-4-2/h3-5H,2H2. The molecular weight excluding hydrogens is 91.5 g/mol. The maximum Gasteiger partial charge on any atom is -0.00750 e. The summed E-state index contributed by atoms with van der Waals surface area (Å²) >= 11 is 4.80. The van der Waals surface area contributed by atoms with Crippen molar-refractivity contribution < 1.29 is 0 Å². The van der Waals surface area contributed by atoms with Gasteiger partial charge in [0, 0.05) is 0 Å². The monoisotopic (exact) mass is 96.0 g/mol. The molecule has 0 heterocycles. The van der Waals surface area contributed by atoms with Gasteiger partial charge in [0.25, 0.3) is 0 Å². The topological polar surface area (TPSA) is 62.1 Å².